The second kappa shape index (κ2) is 9.39. The first kappa shape index (κ1) is 24.0. The largest absolute Gasteiger partial charge is 0.507 e. The first-order chi connectivity index (χ1) is 17.9. The molecule has 0 radical (unpaired) electrons. The Balaban J connectivity index is 1.77. The van der Waals surface area contributed by atoms with Crippen LogP contribution in [0.15, 0.2) is 78.5 Å². The van der Waals surface area contributed by atoms with Crippen molar-refractivity contribution in [3.8, 4) is 17.2 Å². The third-order valence-corrected chi connectivity index (χ3v) is 6.67. The lowest BCUT2D eigenvalue weighted by atomic mass is 9.94. The molecule has 1 atom stereocenters. The van der Waals surface area contributed by atoms with Crippen molar-refractivity contribution in [2.75, 3.05) is 26.2 Å². The maximum absolute atomic E-state index is 13.5. The van der Waals surface area contributed by atoms with Crippen LogP contribution in [-0.2, 0) is 16.6 Å². The van der Waals surface area contributed by atoms with Gasteiger partial charge in [0.1, 0.15) is 11.5 Å². The molecule has 37 heavy (non-hydrogen) atoms. The Morgan fingerprint density at radius 3 is 2.24 bits per heavy atom. The number of Topliss-reactive ketones (excluding diaryl/α,β-unsaturated/α-hetero) is 1. The Labute approximate surface area is 213 Å². The summed E-state index contributed by atoms with van der Waals surface area (Å²) < 4.78 is 17.9. The number of aliphatic hydroxyl groups excluding tert-OH is 1. The molecule has 1 amide bonds. The van der Waals surface area contributed by atoms with Crippen molar-refractivity contribution in [3.63, 3.8) is 0 Å². The summed E-state index contributed by atoms with van der Waals surface area (Å²) in [7, 11) is 6.46. The van der Waals surface area contributed by atoms with Crippen LogP contribution in [-0.4, -0.2) is 42.7 Å². The van der Waals surface area contributed by atoms with Gasteiger partial charge in [0.15, 0.2) is 11.5 Å². The molecule has 8 nitrogen and oxygen atoms in total. The van der Waals surface area contributed by atoms with E-state index >= 15 is 0 Å². The number of nitrogens with zero attached hydrogens (tertiary/aromatic N) is 2. The van der Waals surface area contributed by atoms with Gasteiger partial charge < -0.3 is 23.9 Å². The minimum absolute atomic E-state index is 0.00982. The lowest BCUT2D eigenvalue weighted by Crippen LogP contribution is -2.29. The van der Waals surface area contributed by atoms with Gasteiger partial charge in [-0.1, -0.05) is 18.2 Å². The summed E-state index contributed by atoms with van der Waals surface area (Å²) in [6, 6.07) is 18.6. The van der Waals surface area contributed by atoms with E-state index in [1.807, 2.05) is 42.1 Å². The van der Waals surface area contributed by atoms with Crippen LogP contribution in [0.4, 0.5) is 5.69 Å². The fourth-order valence-electron chi connectivity index (χ4n) is 4.87. The summed E-state index contributed by atoms with van der Waals surface area (Å²) in [5.41, 5.74) is 2.48. The summed E-state index contributed by atoms with van der Waals surface area (Å²) in [5.74, 6) is -0.326. The number of carbonyl (C=O) groups is 2. The fraction of sp³-hybridized carbons (Fsp3) is 0.172. The molecule has 1 saturated heterocycles. The standard InChI is InChI=1S/C29H26N2O6/c1-30-16-21(20-7-5-6-8-22(20)30)26-25(27(32)17-9-14-23(36-3)24(15-17)37-4)28(33)29(34)31(26)18-10-12-19(35-2)13-11-18/h5-16,26,32H,1-4H3/b27-25+. The van der Waals surface area contributed by atoms with Gasteiger partial charge in [0.2, 0.25) is 0 Å². The number of hydrogen-bond donors (Lipinski definition) is 1. The molecule has 0 bridgehead atoms. The maximum Gasteiger partial charge on any atom is 0.300 e. The predicted molar refractivity (Wildman–Crippen MR) is 140 cm³/mol. The normalized spacial score (nSPS) is 16.9. The number of ether oxygens (including phenoxy) is 3. The lowest BCUT2D eigenvalue weighted by Gasteiger charge is -2.25. The molecule has 0 saturated carbocycles. The minimum atomic E-state index is -0.868. The average Bonchev–Trinajstić information content (AvgIpc) is 3.40. The van der Waals surface area contributed by atoms with E-state index in [4.69, 9.17) is 14.2 Å². The number of methoxy groups -OCH3 is 3. The van der Waals surface area contributed by atoms with Gasteiger partial charge >= 0.3 is 0 Å². The van der Waals surface area contributed by atoms with Gasteiger partial charge in [-0.25, -0.2) is 0 Å². The quantitative estimate of drug-likeness (QED) is 0.233. The number of anilines is 1. The number of benzene rings is 3. The maximum atomic E-state index is 13.5. The second-order valence-corrected chi connectivity index (χ2v) is 8.65. The van der Waals surface area contributed by atoms with Crippen molar-refractivity contribution in [3.05, 3.63) is 89.6 Å². The molecule has 1 unspecified atom stereocenters. The third-order valence-electron chi connectivity index (χ3n) is 6.67. The highest BCUT2D eigenvalue weighted by atomic mass is 16.5. The van der Waals surface area contributed by atoms with Crippen molar-refractivity contribution in [2.45, 2.75) is 6.04 Å². The van der Waals surface area contributed by atoms with E-state index < -0.39 is 17.7 Å². The zero-order valence-corrected chi connectivity index (χ0v) is 20.9. The number of rotatable bonds is 6. The highest BCUT2D eigenvalue weighted by Gasteiger charge is 2.48. The number of hydrogen-bond acceptors (Lipinski definition) is 6. The van der Waals surface area contributed by atoms with Crippen LogP contribution in [0.25, 0.3) is 16.7 Å². The Kier molecular flexibility index (Phi) is 6.09. The summed E-state index contributed by atoms with van der Waals surface area (Å²) in [4.78, 5) is 28.5. The number of aliphatic hydroxyl groups is 1. The van der Waals surface area contributed by atoms with Crippen molar-refractivity contribution < 1.29 is 28.9 Å². The van der Waals surface area contributed by atoms with E-state index in [1.54, 1.807) is 49.6 Å². The van der Waals surface area contributed by atoms with Crippen LogP contribution in [0, 0.1) is 0 Å². The molecule has 2 heterocycles. The SMILES string of the molecule is COc1ccc(N2C(=O)C(=O)/C(=C(/O)c3ccc(OC)c(OC)c3)C2c2cn(C)c3ccccc23)cc1. The number of amides is 1. The van der Waals surface area contributed by atoms with Gasteiger partial charge in [-0.2, -0.15) is 0 Å². The number of aryl methyl sites for hydroxylation is 1. The van der Waals surface area contributed by atoms with Crippen LogP contribution in [0.1, 0.15) is 17.2 Å². The van der Waals surface area contributed by atoms with Gasteiger partial charge in [0.05, 0.1) is 32.9 Å². The molecule has 1 aliphatic rings. The van der Waals surface area contributed by atoms with Crippen LogP contribution in [0.3, 0.4) is 0 Å². The van der Waals surface area contributed by atoms with Crippen molar-refractivity contribution in [1.29, 1.82) is 0 Å². The monoisotopic (exact) mass is 498 g/mol. The second-order valence-electron chi connectivity index (χ2n) is 8.65. The van der Waals surface area contributed by atoms with Crippen LogP contribution >= 0.6 is 0 Å². The Morgan fingerprint density at radius 2 is 1.57 bits per heavy atom. The molecular weight excluding hydrogens is 472 g/mol. The van der Waals surface area contributed by atoms with Crippen molar-refractivity contribution >= 4 is 34.0 Å². The summed E-state index contributed by atoms with van der Waals surface area (Å²) in [6.45, 7) is 0. The molecule has 0 aliphatic carbocycles. The zero-order valence-electron chi connectivity index (χ0n) is 20.9. The number of fused-ring (bicyclic) bond motifs is 1. The minimum Gasteiger partial charge on any atom is -0.507 e. The first-order valence-electron chi connectivity index (χ1n) is 11.6. The molecular formula is C29H26N2O6. The topological polar surface area (TPSA) is 90.2 Å². The first-order valence-corrected chi connectivity index (χ1v) is 11.6. The Bertz CT molecular complexity index is 1550. The van der Waals surface area contributed by atoms with E-state index in [0.29, 0.717) is 28.5 Å². The van der Waals surface area contributed by atoms with E-state index in [0.717, 1.165) is 16.5 Å². The van der Waals surface area contributed by atoms with Crippen LogP contribution < -0.4 is 19.1 Å². The number of para-hydroxylation sites is 1. The molecule has 1 aliphatic heterocycles. The van der Waals surface area contributed by atoms with Gasteiger partial charge in [0, 0.05) is 41.0 Å². The third kappa shape index (κ3) is 3.87. The van der Waals surface area contributed by atoms with Gasteiger partial charge in [-0.05, 0) is 48.5 Å². The summed E-state index contributed by atoms with van der Waals surface area (Å²) in [6.07, 6.45) is 1.89. The van der Waals surface area contributed by atoms with E-state index in [2.05, 4.69) is 0 Å². The average molecular weight is 499 g/mol. The Hall–Kier alpha value is -4.72. The molecule has 188 valence electrons. The smallest absolute Gasteiger partial charge is 0.300 e. The van der Waals surface area contributed by atoms with Gasteiger partial charge in [-0.3, -0.25) is 14.5 Å². The molecule has 1 aromatic heterocycles. The van der Waals surface area contributed by atoms with Gasteiger partial charge in [-0.15, -0.1) is 0 Å². The molecule has 8 heteroatoms. The fourth-order valence-corrected chi connectivity index (χ4v) is 4.87. The van der Waals surface area contributed by atoms with Crippen molar-refractivity contribution in [2.24, 2.45) is 7.05 Å². The van der Waals surface area contributed by atoms with Crippen molar-refractivity contribution in [1.82, 2.24) is 4.57 Å². The molecule has 4 aromatic rings. The number of ketones is 1. The van der Waals surface area contributed by atoms with E-state index in [1.165, 1.54) is 19.1 Å². The summed E-state index contributed by atoms with van der Waals surface area (Å²) >= 11 is 0. The number of aromatic nitrogens is 1. The van der Waals surface area contributed by atoms with E-state index in [-0.39, 0.29) is 11.3 Å². The highest BCUT2D eigenvalue weighted by Crippen LogP contribution is 2.45. The predicted octanol–water partition coefficient (Wildman–Crippen LogP) is 4.83. The zero-order chi connectivity index (χ0) is 26.3. The Morgan fingerprint density at radius 1 is 0.865 bits per heavy atom. The molecule has 5 rings (SSSR count). The van der Waals surface area contributed by atoms with Crippen LogP contribution in [0.5, 0.6) is 17.2 Å². The lowest BCUT2D eigenvalue weighted by molar-refractivity contribution is -0.132. The highest BCUT2D eigenvalue weighted by molar-refractivity contribution is 6.51. The molecule has 0 spiro atoms. The molecule has 1 fully saturated rings. The summed E-state index contributed by atoms with van der Waals surface area (Å²) in [5, 5.41) is 12.4. The number of carbonyl (C=O) groups excluding carboxylic acids is 2. The van der Waals surface area contributed by atoms with Crippen LogP contribution in [0.2, 0.25) is 0 Å². The van der Waals surface area contributed by atoms with Gasteiger partial charge in [0.25, 0.3) is 11.7 Å². The molecule has 1 N–H and O–H groups in total. The van der Waals surface area contributed by atoms with E-state index in [9.17, 15) is 14.7 Å². The molecule has 3 aromatic carbocycles.